The fourth-order valence-electron chi connectivity index (χ4n) is 4.33. The van der Waals surface area contributed by atoms with Crippen LogP contribution in [0, 0.1) is 18.6 Å². The van der Waals surface area contributed by atoms with Crippen LogP contribution >= 0.6 is 0 Å². The van der Waals surface area contributed by atoms with Crippen molar-refractivity contribution in [1.29, 1.82) is 0 Å². The Labute approximate surface area is 226 Å². The first kappa shape index (κ1) is 27.9. The Balaban J connectivity index is 1.87. The largest absolute Gasteiger partial charge is 0.354 e. The van der Waals surface area contributed by atoms with Crippen molar-refractivity contribution in [3.8, 4) is 11.3 Å². The number of benzene rings is 2. The zero-order valence-electron chi connectivity index (χ0n) is 22.6. The molecule has 3 N–H and O–H groups in total. The fourth-order valence-corrected chi connectivity index (χ4v) is 4.33. The summed E-state index contributed by atoms with van der Waals surface area (Å²) in [4.78, 5) is 38.0. The normalized spacial score (nSPS) is 12.8. The van der Waals surface area contributed by atoms with Gasteiger partial charge in [0.05, 0.1) is 12.2 Å². The van der Waals surface area contributed by atoms with Crippen LogP contribution in [0.4, 0.5) is 31.0 Å². The molecule has 1 aromatic heterocycles. The molecule has 0 spiro atoms. The molecular weight excluding hydrogens is 504 g/mol. The summed E-state index contributed by atoms with van der Waals surface area (Å²) in [6.45, 7) is 5.81. The molecule has 9 nitrogen and oxygen atoms in total. The number of urea groups is 1. The zero-order valence-corrected chi connectivity index (χ0v) is 22.6. The maximum absolute atomic E-state index is 14.9. The minimum Gasteiger partial charge on any atom is -0.354 e. The van der Waals surface area contributed by atoms with Gasteiger partial charge >= 0.3 is 6.03 Å². The average Bonchev–Trinajstić information content (AvgIpc) is 2.90. The van der Waals surface area contributed by atoms with Crippen LogP contribution in [0.25, 0.3) is 11.3 Å². The molecule has 2 aromatic carbocycles. The number of rotatable bonds is 10. The Morgan fingerprint density at radius 1 is 1.13 bits per heavy atom. The molecule has 1 aliphatic rings. The third-order valence-electron chi connectivity index (χ3n) is 6.33. The van der Waals surface area contributed by atoms with Gasteiger partial charge in [-0.05, 0) is 70.2 Å². The molecular formula is C28H33F2N7O2. The van der Waals surface area contributed by atoms with Crippen molar-refractivity contribution in [2.24, 2.45) is 0 Å². The molecule has 206 valence electrons. The van der Waals surface area contributed by atoms with E-state index in [2.05, 4.69) is 20.9 Å². The number of hydrogen-bond donors (Lipinski definition) is 3. The summed E-state index contributed by atoms with van der Waals surface area (Å²) in [7, 11) is 3.94. The first-order valence-corrected chi connectivity index (χ1v) is 12.9. The Kier molecular flexibility index (Phi) is 8.70. The number of nitrogens with zero attached hydrogens (tertiary/aromatic N) is 4. The topological polar surface area (TPSA) is 102 Å². The second-order valence-electron chi connectivity index (χ2n) is 9.63. The lowest BCUT2D eigenvalue weighted by Crippen LogP contribution is -2.43. The minimum absolute atomic E-state index is 0.0443. The summed E-state index contributed by atoms with van der Waals surface area (Å²) in [5.74, 6) is -1.73. The molecule has 2 heterocycles. The van der Waals surface area contributed by atoms with Gasteiger partial charge in [0, 0.05) is 29.8 Å². The van der Waals surface area contributed by atoms with Gasteiger partial charge in [0.25, 0.3) is 5.91 Å². The van der Waals surface area contributed by atoms with Crippen molar-refractivity contribution in [2.45, 2.75) is 33.2 Å². The van der Waals surface area contributed by atoms with Crippen LogP contribution < -0.4 is 20.9 Å². The number of para-hydroxylation sites is 1. The SMILES string of the molecule is CCCNC(=O)c1ccc(C)c(-c2nc(NCCCN(C)C)nc3c2CNC(=O)N3c2c(F)cccc2F)c1. The van der Waals surface area contributed by atoms with Crippen LogP contribution in [-0.4, -0.2) is 60.5 Å². The quantitative estimate of drug-likeness (QED) is 0.327. The van der Waals surface area contributed by atoms with E-state index in [0.717, 1.165) is 42.0 Å². The Bertz CT molecular complexity index is 1360. The highest BCUT2D eigenvalue weighted by Gasteiger charge is 2.34. The van der Waals surface area contributed by atoms with Crippen LogP contribution in [0.15, 0.2) is 36.4 Å². The molecule has 4 rings (SSSR count). The van der Waals surface area contributed by atoms with Crippen LogP contribution in [0.1, 0.15) is 41.3 Å². The summed E-state index contributed by atoms with van der Waals surface area (Å²) in [6.07, 6.45) is 1.59. The van der Waals surface area contributed by atoms with Gasteiger partial charge in [-0.3, -0.25) is 4.79 Å². The maximum atomic E-state index is 14.9. The van der Waals surface area contributed by atoms with Crippen molar-refractivity contribution in [3.63, 3.8) is 0 Å². The summed E-state index contributed by atoms with van der Waals surface area (Å²) in [5, 5.41) is 8.75. The van der Waals surface area contributed by atoms with E-state index in [0.29, 0.717) is 35.5 Å². The molecule has 0 atom stereocenters. The number of fused-ring (bicyclic) bond motifs is 1. The number of halogens is 2. The number of amides is 3. The van der Waals surface area contributed by atoms with Gasteiger partial charge in [-0.2, -0.15) is 4.98 Å². The summed E-state index contributed by atoms with van der Waals surface area (Å²) >= 11 is 0. The maximum Gasteiger partial charge on any atom is 0.328 e. The fraction of sp³-hybridized carbons (Fsp3) is 0.357. The molecule has 0 aliphatic carbocycles. The summed E-state index contributed by atoms with van der Waals surface area (Å²) < 4.78 is 29.8. The van der Waals surface area contributed by atoms with Crippen LogP contribution in [0.2, 0.25) is 0 Å². The van der Waals surface area contributed by atoms with Crippen molar-refractivity contribution >= 4 is 29.4 Å². The van der Waals surface area contributed by atoms with E-state index < -0.39 is 23.4 Å². The van der Waals surface area contributed by atoms with E-state index in [9.17, 15) is 18.4 Å². The lowest BCUT2D eigenvalue weighted by Gasteiger charge is -2.31. The smallest absolute Gasteiger partial charge is 0.328 e. The molecule has 0 saturated heterocycles. The Morgan fingerprint density at radius 3 is 2.56 bits per heavy atom. The third-order valence-corrected chi connectivity index (χ3v) is 6.33. The van der Waals surface area contributed by atoms with E-state index in [4.69, 9.17) is 4.98 Å². The first-order chi connectivity index (χ1) is 18.7. The van der Waals surface area contributed by atoms with Crippen molar-refractivity contribution < 1.29 is 18.4 Å². The molecule has 3 aromatic rings. The highest BCUT2D eigenvalue weighted by Crippen LogP contribution is 2.39. The average molecular weight is 538 g/mol. The molecule has 0 unspecified atom stereocenters. The van der Waals surface area contributed by atoms with E-state index in [-0.39, 0.29) is 24.2 Å². The minimum atomic E-state index is -0.899. The van der Waals surface area contributed by atoms with E-state index in [1.807, 2.05) is 38.9 Å². The van der Waals surface area contributed by atoms with Gasteiger partial charge in [-0.15, -0.1) is 0 Å². The number of hydrogen-bond acceptors (Lipinski definition) is 6. The second-order valence-corrected chi connectivity index (χ2v) is 9.63. The molecule has 0 bridgehead atoms. The predicted octanol–water partition coefficient (Wildman–Crippen LogP) is 4.59. The summed E-state index contributed by atoms with van der Waals surface area (Å²) in [6, 6.07) is 8.00. The number of nitrogens with one attached hydrogen (secondary N) is 3. The van der Waals surface area contributed by atoms with Gasteiger partial charge < -0.3 is 20.9 Å². The zero-order chi connectivity index (χ0) is 28.1. The molecule has 39 heavy (non-hydrogen) atoms. The molecule has 0 fully saturated rings. The van der Waals surface area contributed by atoms with Crippen molar-refractivity contribution in [2.75, 3.05) is 43.9 Å². The monoisotopic (exact) mass is 537 g/mol. The third kappa shape index (κ3) is 6.14. The predicted molar refractivity (Wildman–Crippen MR) is 147 cm³/mol. The van der Waals surface area contributed by atoms with Gasteiger partial charge in [0.15, 0.2) is 5.82 Å². The van der Waals surface area contributed by atoms with Crippen LogP contribution in [0.5, 0.6) is 0 Å². The van der Waals surface area contributed by atoms with Gasteiger partial charge in [0.1, 0.15) is 17.3 Å². The lowest BCUT2D eigenvalue weighted by atomic mass is 9.97. The number of carbonyl (C=O) groups excluding carboxylic acids is 2. The molecule has 1 aliphatic heterocycles. The molecule has 3 amide bonds. The standard InChI is InChI=1S/C28H33F2N7O2/c1-5-12-31-26(38)18-11-10-17(2)19(15-18)23-20-16-33-28(39)37(24-21(29)8-6-9-22(24)30)25(20)35-27(34-23)32-13-7-14-36(3)4/h6,8-11,15H,5,7,12-14,16H2,1-4H3,(H,31,38)(H,33,39)(H,32,34,35). The molecule has 11 heteroatoms. The summed E-state index contributed by atoms with van der Waals surface area (Å²) in [5.41, 5.74) is 2.35. The Hall–Kier alpha value is -4.12. The second kappa shape index (κ2) is 12.2. The van der Waals surface area contributed by atoms with E-state index in [1.54, 1.807) is 12.1 Å². The lowest BCUT2D eigenvalue weighted by molar-refractivity contribution is 0.0953. The van der Waals surface area contributed by atoms with Crippen LogP contribution in [0.3, 0.4) is 0 Å². The van der Waals surface area contributed by atoms with E-state index in [1.165, 1.54) is 6.07 Å². The molecule has 0 saturated carbocycles. The van der Waals surface area contributed by atoms with Gasteiger partial charge in [0.2, 0.25) is 5.95 Å². The number of aromatic nitrogens is 2. The van der Waals surface area contributed by atoms with Crippen molar-refractivity contribution in [1.82, 2.24) is 25.5 Å². The van der Waals surface area contributed by atoms with Crippen LogP contribution in [-0.2, 0) is 6.54 Å². The number of aryl methyl sites for hydroxylation is 1. The number of anilines is 3. The first-order valence-electron chi connectivity index (χ1n) is 12.9. The highest BCUT2D eigenvalue weighted by molar-refractivity contribution is 6.02. The number of carbonyl (C=O) groups is 2. The van der Waals surface area contributed by atoms with Crippen molar-refractivity contribution in [3.05, 3.63) is 64.7 Å². The Morgan fingerprint density at radius 2 is 1.87 bits per heavy atom. The highest BCUT2D eigenvalue weighted by atomic mass is 19.1. The van der Waals surface area contributed by atoms with E-state index >= 15 is 0 Å². The van der Waals surface area contributed by atoms with Gasteiger partial charge in [-0.1, -0.05) is 19.1 Å². The molecule has 0 radical (unpaired) electrons. The van der Waals surface area contributed by atoms with Gasteiger partial charge in [-0.25, -0.2) is 23.5 Å².